The van der Waals surface area contributed by atoms with Gasteiger partial charge in [0.2, 0.25) is 11.8 Å². The van der Waals surface area contributed by atoms with Gasteiger partial charge in [0.25, 0.3) is 0 Å². The van der Waals surface area contributed by atoms with Gasteiger partial charge in [0.15, 0.2) is 0 Å². The van der Waals surface area contributed by atoms with Crippen LogP contribution in [0.3, 0.4) is 0 Å². The maximum absolute atomic E-state index is 12.0. The summed E-state index contributed by atoms with van der Waals surface area (Å²) in [7, 11) is 0. The monoisotopic (exact) mass is 312 g/mol. The average Bonchev–Trinajstić information content (AvgIpc) is 3.00. The zero-order valence-electron chi connectivity index (χ0n) is 13.5. The van der Waals surface area contributed by atoms with E-state index in [-0.39, 0.29) is 11.8 Å². The van der Waals surface area contributed by atoms with E-state index in [4.69, 9.17) is 0 Å². The molecule has 1 saturated carbocycles. The molecule has 1 aromatic rings. The number of benzene rings is 1. The summed E-state index contributed by atoms with van der Waals surface area (Å²) in [5, 5.41) is 3.07. The molecule has 4 nitrogen and oxygen atoms in total. The van der Waals surface area contributed by atoms with Gasteiger partial charge in [-0.15, -0.1) is 0 Å². The summed E-state index contributed by atoms with van der Waals surface area (Å²) in [6, 6.07) is 8.13. The molecule has 2 aliphatic rings. The van der Waals surface area contributed by atoms with E-state index < -0.39 is 0 Å². The lowest BCUT2D eigenvalue weighted by Gasteiger charge is -2.21. The van der Waals surface area contributed by atoms with E-state index in [1.54, 1.807) is 6.08 Å². The summed E-state index contributed by atoms with van der Waals surface area (Å²) in [6.45, 7) is 0.803. The minimum Gasteiger partial charge on any atom is -0.350 e. The van der Waals surface area contributed by atoms with Gasteiger partial charge < -0.3 is 10.2 Å². The molecular weight excluding hydrogens is 288 g/mol. The number of carbonyl (C=O) groups excluding carboxylic acids is 2. The highest BCUT2D eigenvalue weighted by molar-refractivity contribution is 5.95. The van der Waals surface area contributed by atoms with Crippen molar-refractivity contribution in [1.29, 1.82) is 0 Å². The molecule has 23 heavy (non-hydrogen) atoms. The first kappa shape index (κ1) is 15.8. The summed E-state index contributed by atoms with van der Waals surface area (Å²) in [4.78, 5) is 25.5. The molecule has 122 valence electrons. The van der Waals surface area contributed by atoms with Crippen molar-refractivity contribution in [2.45, 2.75) is 51.0 Å². The smallest absolute Gasteiger partial charge is 0.244 e. The topological polar surface area (TPSA) is 49.4 Å². The molecule has 1 saturated heterocycles. The highest BCUT2D eigenvalue weighted by atomic mass is 16.2. The van der Waals surface area contributed by atoms with Crippen molar-refractivity contribution < 1.29 is 9.59 Å². The Hall–Kier alpha value is -2.10. The highest BCUT2D eigenvalue weighted by Crippen LogP contribution is 2.22. The first-order chi connectivity index (χ1) is 11.2. The second kappa shape index (κ2) is 7.44. The number of rotatable bonds is 4. The van der Waals surface area contributed by atoms with Gasteiger partial charge in [-0.1, -0.05) is 31.4 Å². The van der Waals surface area contributed by atoms with Crippen LogP contribution in [0.1, 0.15) is 50.5 Å². The molecule has 2 amide bonds. The Kier molecular flexibility index (Phi) is 5.11. The van der Waals surface area contributed by atoms with Gasteiger partial charge in [-0.25, -0.2) is 0 Å². The third-order valence-electron chi connectivity index (χ3n) is 4.66. The fourth-order valence-electron chi connectivity index (χ4n) is 3.35. The number of nitrogens with zero attached hydrogens (tertiary/aromatic N) is 1. The molecule has 3 rings (SSSR count). The maximum Gasteiger partial charge on any atom is 0.244 e. The Bertz CT molecular complexity index is 586. The SMILES string of the molecule is O=C(C=Cc1ccc(N2CCCC2=O)cc1)NC1CCCCC1. The lowest BCUT2D eigenvalue weighted by molar-refractivity contribution is -0.118. The van der Waals surface area contributed by atoms with Crippen molar-refractivity contribution in [2.75, 3.05) is 11.4 Å². The third-order valence-corrected chi connectivity index (χ3v) is 4.66. The van der Waals surface area contributed by atoms with E-state index >= 15 is 0 Å². The summed E-state index contributed by atoms with van der Waals surface area (Å²) in [6.07, 6.45) is 10.9. The Morgan fingerprint density at radius 2 is 1.83 bits per heavy atom. The van der Waals surface area contributed by atoms with E-state index in [0.717, 1.165) is 37.1 Å². The molecule has 1 aliphatic heterocycles. The summed E-state index contributed by atoms with van der Waals surface area (Å²) < 4.78 is 0. The van der Waals surface area contributed by atoms with E-state index in [1.807, 2.05) is 35.2 Å². The molecule has 4 heteroatoms. The fraction of sp³-hybridized carbons (Fsp3) is 0.474. The van der Waals surface area contributed by atoms with Crippen LogP contribution in [-0.4, -0.2) is 24.4 Å². The third kappa shape index (κ3) is 4.21. The zero-order valence-corrected chi connectivity index (χ0v) is 13.5. The highest BCUT2D eigenvalue weighted by Gasteiger charge is 2.21. The first-order valence-corrected chi connectivity index (χ1v) is 8.61. The van der Waals surface area contributed by atoms with Crippen LogP contribution < -0.4 is 10.2 Å². The lowest BCUT2D eigenvalue weighted by atomic mass is 9.95. The fourth-order valence-corrected chi connectivity index (χ4v) is 3.35. The molecular formula is C19H24N2O2. The summed E-state index contributed by atoms with van der Waals surface area (Å²) in [5.74, 6) is 0.177. The van der Waals surface area contributed by atoms with Crippen molar-refractivity contribution >= 4 is 23.6 Å². The predicted octanol–water partition coefficient (Wildman–Crippen LogP) is 3.28. The largest absolute Gasteiger partial charge is 0.350 e. The quantitative estimate of drug-likeness (QED) is 0.867. The van der Waals surface area contributed by atoms with Gasteiger partial charge in [0, 0.05) is 30.8 Å². The van der Waals surface area contributed by atoms with Crippen molar-refractivity contribution in [3.63, 3.8) is 0 Å². The van der Waals surface area contributed by atoms with Gasteiger partial charge in [-0.3, -0.25) is 9.59 Å². The molecule has 1 aliphatic carbocycles. The Morgan fingerprint density at radius 1 is 1.09 bits per heavy atom. The minimum absolute atomic E-state index is 0.0179. The lowest BCUT2D eigenvalue weighted by Crippen LogP contribution is -2.34. The van der Waals surface area contributed by atoms with Gasteiger partial charge in [0.1, 0.15) is 0 Å². The zero-order chi connectivity index (χ0) is 16.1. The molecule has 1 aromatic carbocycles. The van der Waals surface area contributed by atoms with Crippen LogP contribution >= 0.6 is 0 Å². The number of amides is 2. The number of hydrogen-bond donors (Lipinski definition) is 1. The van der Waals surface area contributed by atoms with E-state index in [2.05, 4.69) is 5.32 Å². The minimum atomic E-state index is -0.0179. The Balaban J connectivity index is 1.54. The predicted molar refractivity (Wildman–Crippen MR) is 92.1 cm³/mol. The van der Waals surface area contributed by atoms with Crippen LogP contribution in [0.2, 0.25) is 0 Å². The number of hydrogen-bond acceptors (Lipinski definition) is 2. The van der Waals surface area contributed by atoms with E-state index in [1.165, 1.54) is 19.3 Å². The van der Waals surface area contributed by atoms with Gasteiger partial charge in [-0.2, -0.15) is 0 Å². The number of nitrogens with one attached hydrogen (secondary N) is 1. The first-order valence-electron chi connectivity index (χ1n) is 8.61. The molecule has 0 unspecified atom stereocenters. The Morgan fingerprint density at radius 3 is 2.48 bits per heavy atom. The molecule has 1 heterocycles. The molecule has 0 spiro atoms. The Labute approximate surface area is 137 Å². The summed E-state index contributed by atoms with van der Waals surface area (Å²) >= 11 is 0. The van der Waals surface area contributed by atoms with Crippen molar-refractivity contribution in [3.8, 4) is 0 Å². The molecule has 1 N–H and O–H groups in total. The van der Waals surface area contributed by atoms with Crippen LogP contribution in [0.25, 0.3) is 6.08 Å². The van der Waals surface area contributed by atoms with Gasteiger partial charge in [0.05, 0.1) is 0 Å². The van der Waals surface area contributed by atoms with E-state index in [9.17, 15) is 9.59 Å². The van der Waals surface area contributed by atoms with Crippen LogP contribution in [0.15, 0.2) is 30.3 Å². The van der Waals surface area contributed by atoms with E-state index in [0.29, 0.717) is 12.5 Å². The number of carbonyl (C=O) groups is 2. The normalized spacial score (nSPS) is 19.5. The van der Waals surface area contributed by atoms with Crippen LogP contribution in [-0.2, 0) is 9.59 Å². The molecule has 0 aromatic heterocycles. The molecule has 0 atom stereocenters. The van der Waals surface area contributed by atoms with Crippen LogP contribution in [0, 0.1) is 0 Å². The second-order valence-corrected chi connectivity index (χ2v) is 6.42. The van der Waals surface area contributed by atoms with Crippen molar-refractivity contribution in [3.05, 3.63) is 35.9 Å². The average molecular weight is 312 g/mol. The van der Waals surface area contributed by atoms with Gasteiger partial charge in [-0.05, 0) is 43.0 Å². The molecule has 2 fully saturated rings. The summed E-state index contributed by atoms with van der Waals surface area (Å²) in [5.41, 5.74) is 1.91. The molecule has 0 radical (unpaired) electrons. The molecule has 0 bridgehead atoms. The standard InChI is InChI=1S/C19H24N2O2/c22-18(20-16-5-2-1-3-6-16)13-10-15-8-11-17(12-9-15)21-14-4-7-19(21)23/h8-13,16H,1-7,14H2,(H,20,22). The number of anilines is 1. The van der Waals surface area contributed by atoms with Crippen LogP contribution in [0.4, 0.5) is 5.69 Å². The van der Waals surface area contributed by atoms with Crippen molar-refractivity contribution in [1.82, 2.24) is 5.32 Å². The van der Waals surface area contributed by atoms with Gasteiger partial charge >= 0.3 is 0 Å². The van der Waals surface area contributed by atoms with Crippen molar-refractivity contribution in [2.24, 2.45) is 0 Å². The second-order valence-electron chi connectivity index (χ2n) is 6.42. The van der Waals surface area contributed by atoms with Crippen LogP contribution in [0.5, 0.6) is 0 Å². The maximum atomic E-state index is 12.0.